The molecule has 0 unspecified atom stereocenters. The van der Waals surface area contributed by atoms with Crippen LogP contribution in [0.25, 0.3) is 0 Å². The van der Waals surface area contributed by atoms with Gasteiger partial charge >= 0.3 is 80.9 Å². The topological polar surface area (TPSA) is 80.3 Å². The standard InChI is InChI=1S/C18H34O4.K.Na/c1-3-5-6-7-8-9-10-11-12-13-15-18(14-4-2,16(19)20)17(21)22;;/h3-15H2,1-2H3,(H,19,20)(H,21,22);;/q;2*+1/p-2. The zero-order valence-corrected chi connectivity index (χ0v) is 21.4. The van der Waals surface area contributed by atoms with Gasteiger partial charge in [0.25, 0.3) is 0 Å². The van der Waals surface area contributed by atoms with E-state index in [4.69, 9.17) is 0 Å². The van der Waals surface area contributed by atoms with Crippen LogP contribution in [0.4, 0.5) is 0 Å². The predicted molar refractivity (Wildman–Crippen MR) is 83.8 cm³/mol. The molecule has 0 rings (SSSR count). The zero-order valence-electron chi connectivity index (χ0n) is 16.3. The molecule has 0 aliphatic heterocycles. The van der Waals surface area contributed by atoms with Crippen LogP contribution in [0, 0.1) is 5.41 Å². The molecule has 0 aromatic rings. The van der Waals surface area contributed by atoms with Crippen molar-refractivity contribution in [2.45, 2.75) is 97.3 Å². The first-order valence-corrected chi connectivity index (χ1v) is 8.94. The summed E-state index contributed by atoms with van der Waals surface area (Å²) in [6.07, 6.45) is 12.0. The molecule has 0 aliphatic rings. The quantitative estimate of drug-likeness (QED) is 0.170. The molecule has 24 heavy (non-hydrogen) atoms. The Morgan fingerprint density at radius 2 is 1.04 bits per heavy atom. The minimum Gasteiger partial charge on any atom is -0.549 e. The number of carboxylic acid groups (broad SMARTS) is 2. The maximum Gasteiger partial charge on any atom is 1.00 e. The zero-order chi connectivity index (χ0) is 16.8. The Morgan fingerprint density at radius 1 is 0.667 bits per heavy atom. The molecule has 4 nitrogen and oxygen atoms in total. The van der Waals surface area contributed by atoms with E-state index in [0.717, 1.165) is 19.3 Å². The molecule has 0 N–H and O–H groups in total. The Labute approximate surface area is 212 Å². The molecule has 0 saturated carbocycles. The molecule has 130 valence electrons. The van der Waals surface area contributed by atoms with Crippen molar-refractivity contribution >= 4 is 11.9 Å². The molecule has 0 radical (unpaired) electrons. The first kappa shape index (κ1) is 30.3. The molecule has 0 heterocycles. The van der Waals surface area contributed by atoms with Gasteiger partial charge in [-0.15, -0.1) is 0 Å². The Kier molecular flexibility index (Phi) is 24.4. The average Bonchev–Trinajstić information content (AvgIpc) is 2.47. The smallest absolute Gasteiger partial charge is 0.549 e. The summed E-state index contributed by atoms with van der Waals surface area (Å²) in [7, 11) is 0. The van der Waals surface area contributed by atoms with Crippen LogP contribution in [0.3, 0.4) is 0 Å². The van der Waals surface area contributed by atoms with E-state index in [1.165, 1.54) is 38.5 Å². The molecule has 0 aromatic carbocycles. The number of hydrogen-bond donors (Lipinski definition) is 0. The molecule has 0 spiro atoms. The number of carbonyl (C=O) groups excluding carboxylic acids is 2. The molecule has 0 atom stereocenters. The first-order valence-electron chi connectivity index (χ1n) is 8.94. The summed E-state index contributed by atoms with van der Waals surface area (Å²) in [5.74, 6) is -2.99. The van der Waals surface area contributed by atoms with Crippen molar-refractivity contribution in [1.82, 2.24) is 0 Å². The van der Waals surface area contributed by atoms with E-state index in [0.29, 0.717) is 12.8 Å². The Hall–Kier alpha value is 1.58. The SMILES string of the molecule is CCCCCCCCCCCCC(CCC)(C(=O)[O-])C(=O)[O-].[K+].[Na+]. The van der Waals surface area contributed by atoms with Gasteiger partial charge in [-0.05, 0) is 12.8 Å². The largest absolute Gasteiger partial charge is 1.00 e. The number of hydrogen-bond acceptors (Lipinski definition) is 4. The van der Waals surface area contributed by atoms with Crippen LogP contribution in [-0.2, 0) is 9.59 Å². The number of rotatable bonds is 15. The van der Waals surface area contributed by atoms with Crippen LogP contribution in [-0.4, -0.2) is 11.9 Å². The second kappa shape index (κ2) is 19.3. The van der Waals surface area contributed by atoms with Crippen LogP contribution < -0.4 is 91.2 Å². The number of aliphatic carboxylic acids is 2. The van der Waals surface area contributed by atoms with E-state index in [1.54, 1.807) is 6.92 Å². The number of unbranched alkanes of at least 4 members (excludes halogenated alkanes) is 9. The van der Waals surface area contributed by atoms with Crippen molar-refractivity contribution < 1.29 is 101 Å². The van der Waals surface area contributed by atoms with Gasteiger partial charge in [0.1, 0.15) is 0 Å². The fourth-order valence-electron chi connectivity index (χ4n) is 2.96. The van der Waals surface area contributed by atoms with Crippen LogP contribution in [0.1, 0.15) is 97.3 Å². The third-order valence-electron chi connectivity index (χ3n) is 4.42. The fourth-order valence-corrected chi connectivity index (χ4v) is 2.96. The van der Waals surface area contributed by atoms with Gasteiger partial charge in [0.05, 0.1) is 11.9 Å². The maximum atomic E-state index is 11.2. The van der Waals surface area contributed by atoms with E-state index in [-0.39, 0.29) is 93.8 Å². The third kappa shape index (κ3) is 12.9. The van der Waals surface area contributed by atoms with Crippen molar-refractivity contribution in [3.05, 3.63) is 0 Å². The van der Waals surface area contributed by atoms with Crippen LogP contribution in [0.5, 0.6) is 0 Å². The molecule has 0 saturated heterocycles. The minimum absolute atomic E-state index is 0. The van der Waals surface area contributed by atoms with Crippen molar-refractivity contribution in [2.24, 2.45) is 5.41 Å². The summed E-state index contributed by atoms with van der Waals surface area (Å²) in [6, 6.07) is 0. The van der Waals surface area contributed by atoms with E-state index >= 15 is 0 Å². The van der Waals surface area contributed by atoms with Crippen molar-refractivity contribution in [1.29, 1.82) is 0 Å². The number of carbonyl (C=O) groups is 2. The molecular weight excluding hydrogens is 342 g/mol. The second-order valence-electron chi connectivity index (χ2n) is 6.34. The molecule has 0 fully saturated rings. The summed E-state index contributed by atoms with van der Waals surface area (Å²) in [5.41, 5.74) is -1.80. The Morgan fingerprint density at radius 3 is 1.38 bits per heavy atom. The summed E-state index contributed by atoms with van der Waals surface area (Å²) in [5, 5.41) is 22.4. The minimum atomic E-state index is -1.80. The number of carboxylic acids is 2. The Balaban J connectivity index is -0.00000220. The van der Waals surface area contributed by atoms with Crippen molar-refractivity contribution in [3.8, 4) is 0 Å². The van der Waals surface area contributed by atoms with Crippen LogP contribution in [0.2, 0.25) is 0 Å². The average molecular weight is 375 g/mol. The molecule has 0 aliphatic carbocycles. The summed E-state index contributed by atoms with van der Waals surface area (Å²) in [6.45, 7) is 3.98. The van der Waals surface area contributed by atoms with Gasteiger partial charge in [0, 0.05) is 5.41 Å². The molecular formula is C18H32KNaO4. The van der Waals surface area contributed by atoms with Gasteiger partial charge in [-0.1, -0.05) is 84.5 Å². The predicted octanol–water partition coefficient (Wildman–Crippen LogP) is -3.41. The molecule has 0 bridgehead atoms. The van der Waals surface area contributed by atoms with Gasteiger partial charge in [-0.2, -0.15) is 0 Å². The third-order valence-corrected chi connectivity index (χ3v) is 4.42. The Bertz CT molecular complexity index is 310. The van der Waals surface area contributed by atoms with E-state index in [1.807, 2.05) is 0 Å². The van der Waals surface area contributed by atoms with Crippen molar-refractivity contribution in [2.75, 3.05) is 0 Å². The van der Waals surface area contributed by atoms with E-state index in [2.05, 4.69) is 6.92 Å². The normalized spacial score (nSPS) is 10.6. The van der Waals surface area contributed by atoms with Gasteiger partial charge < -0.3 is 19.8 Å². The van der Waals surface area contributed by atoms with Crippen molar-refractivity contribution in [3.63, 3.8) is 0 Å². The molecule has 0 amide bonds. The molecule has 0 aromatic heterocycles. The van der Waals surface area contributed by atoms with Gasteiger partial charge in [-0.3, -0.25) is 0 Å². The van der Waals surface area contributed by atoms with Gasteiger partial charge in [-0.25, -0.2) is 0 Å². The summed E-state index contributed by atoms with van der Waals surface area (Å²) >= 11 is 0. The summed E-state index contributed by atoms with van der Waals surface area (Å²) < 4.78 is 0. The fraction of sp³-hybridized carbons (Fsp3) is 0.889. The molecule has 6 heteroatoms. The van der Waals surface area contributed by atoms with E-state index in [9.17, 15) is 19.8 Å². The van der Waals surface area contributed by atoms with Crippen LogP contribution >= 0.6 is 0 Å². The first-order chi connectivity index (χ1) is 10.5. The second-order valence-corrected chi connectivity index (χ2v) is 6.34. The monoisotopic (exact) mass is 374 g/mol. The summed E-state index contributed by atoms with van der Waals surface area (Å²) in [4.78, 5) is 22.4. The van der Waals surface area contributed by atoms with E-state index < -0.39 is 17.4 Å². The maximum absolute atomic E-state index is 11.2. The van der Waals surface area contributed by atoms with Crippen LogP contribution in [0.15, 0.2) is 0 Å². The van der Waals surface area contributed by atoms with Gasteiger partial charge in [0.2, 0.25) is 0 Å². The van der Waals surface area contributed by atoms with Gasteiger partial charge in [0.15, 0.2) is 0 Å².